The fourth-order valence-electron chi connectivity index (χ4n) is 1.14. The van der Waals surface area contributed by atoms with Crippen LogP contribution in [-0.4, -0.2) is 45.5 Å². The Balaban J connectivity index is 3.27. The van der Waals surface area contributed by atoms with E-state index in [2.05, 4.69) is 0 Å². The van der Waals surface area contributed by atoms with E-state index in [1.54, 1.807) is 7.11 Å². The average Bonchev–Trinajstić information content (AvgIpc) is 2.28. The Hall–Kier alpha value is -0.650. The molecule has 0 saturated carbocycles. The monoisotopic (exact) mass is 233 g/mol. The molecule has 0 unspecified atom stereocenters. The average molecular weight is 233 g/mol. The Bertz CT molecular complexity index is 175. The highest BCUT2D eigenvalue weighted by Crippen LogP contribution is 1.96. The van der Waals surface area contributed by atoms with Gasteiger partial charge < -0.3 is 19.9 Å². The van der Waals surface area contributed by atoms with Crippen molar-refractivity contribution in [1.29, 1.82) is 0 Å². The number of carbonyl (C=O) groups is 1. The molecule has 0 amide bonds. The predicted molar refractivity (Wildman–Crippen MR) is 61.2 cm³/mol. The van der Waals surface area contributed by atoms with Crippen LogP contribution in [0, 0.1) is 0 Å². The van der Waals surface area contributed by atoms with Gasteiger partial charge in [0.1, 0.15) is 12.6 Å². The molecular weight excluding hydrogens is 210 g/mol. The number of ether oxygens (including phenoxy) is 3. The van der Waals surface area contributed by atoms with Crippen molar-refractivity contribution in [2.24, 2.45) is 5.73 Å². The molecule has 0 aliphatic carbocycles. The molecule has 5 nitrogen and oxygen atoms in total. The van der Waals surface area contributed by atoms with E-state index >= 15 is 0 Å². The SMILES string of the molecule is CCC[C@H](N)C(=O)OCCOCCCOC. The van der Waals surface area contributed by atoms with E-state index in [0.717, 1.165) is 12.8 Å². The summed E-state index contributed by atoms with van der Waals surface area (Å²) in [4.78, 5) is 11.2. The summed E-state index contributed by atoms with van der Waals surface area (Å²) in [7, 11) is 1.65. The van der Waals surface area contributed by atoms with Crippen molar-refractivity contribution in [3.63, 3.8) is 0 Å². The Morgan fingerprint density at radius 1 is 1.25 bits per heavy atom. The Morgan fingerprint density at radius 2 is 2.00 bits per heavy atom. The van der Waals surface area contributed by atoms with Gasteiger partial charge in [-0.2, -0.15) is 0 Å². The number of hydrogen-bond acceptors (Lipinski definition) is 5. The molecule has 0 aromatic rings. The van der Waals surface area contributed by atoms with Crippen LogP contribution in [0.1, 0.15) is 26.2 Å². The first-order valence-corrected chi connectivity index (χ1v) is 5.71. The third-order valence-electron chi connectivity index (χ3n) is 2.01. The summed E-state index contributed by atoms with van der Waals surface area (Å²) < 4.78 is 15.0. The van der Waals surface area contributed by atoms with Gasteiger partial charge in [-0.1, -0.05) is 13.3 Å². The van der Waals surface area contributed by atoms with Gasteiger partial charge in [0.25, 0.3) is 0 Å². The summed E-state index contributed by atoms with van der Waals surface area (Å²) in [5.41, 5.74) is 5.58. The minimum Gasteiger partial charge on any atom is -0.462 e. The number of esters is 1. The highest BCUT2D eigenvalue weighted by Gasteiger charge is 2.12. The van der Waals surface area contributed by atoms with Gasteiger partial charge in [0.2, 0.25) is 0 Å². The van der Waals surface area contributed by atoms with Crippen LogP contribution in [0.4, 0.5) is 0 Å². The minimum atomic E-state index is -0.501. The van der Waals surface area contributed by atoms with Crippen LogP contribution >= 0.6 is 0 Å². The molecular formula is C11H23NO4. The third-order valence-corrected chi connectivity index (χ3v) is 2.01. The molecule has 0 rings (SSSR count). The number of rotatable bonds is 10. The van der Waals surface area contributed by atoms with Crippen LogP contribution in [0.25, 0.3) is 0 Å². The zero-order chi connectivity index (χ0) is 12.2. The summed E-state index contributed by atoms with van der Waals surface area (Å²) in [5, 5.41) is 0. The molecule has 96 valence electrons. The molecule has 0 fully saturated rings. The highest BCUT2D eigenvalue weighted by atomic mass is 16.6. The maximum atomic E-state index is 11.2. The van der Waals surface area contributed by atoms with E-state index in [1.807, 2.05) is 6.92 Å². The van der Waals surface area contributed by atoms with Crippen LogP contribution in [0.2, 0.25) is 0 Å². The number of carbonyl (C=O) groups excluding carboxylic acids is 1. The van der Waals surface area contributed by atoms with Crippen molar-refractivity contribution < 1.29 is 19.0 Å². The molecule has 0 heterocycles. The second kappa shape index (κ2) is 10.9. The fraction of sp³-hybridized carbons (Fsp3) is 0.909. The zero-order valence-corrected chi connectivity index (χ0v) is 10.2. The molecule has 1 atom stereocenters. The van der Waals surface area contributed by atoms with Crippen LogP contribution in [0.3, 0.4) is 0 Å². The molecule has 0 aromatic carbocycles. The number of hydrogen-bond donors (Lipinski definition) is 1. The van der Waals surface area contributed by atoms with E-state index in [4.69, 9.17) is 19.9 Å². The Labute approximate surface area is 97.2 Å². The maximum absolute atomic E-state index is 11.2. The Morgan fingerprint density at radius 3 is 2.62 bits per heavy atom. The van der Waals surface area contributed by atoms with E-state index in [-0.39, 0.29) is 12.6 Å². The first-order valence-electron chi connectivity index (χ1n) is 5.71. The smallest absolute Gasteiger partial charge is 0.322 e. The number of nitrogens with two attached hydrogens (primary N) is 1. The summed E-state index contributed by atoms with van der Waals surface area (Å²) in [6.07, 6.45) is 2.39. The van der Waals surface area contributed by atoms with Gasteiger partial charge in [-0.15, -0.1) is 0 Å². The topological polar surface area (TPSA) is 70.8 Å². The van der Waals surface area contributed by atoms with E-state index in [9.17, 15) is 4.79 Å². The minimum absolute atomic E-state index is 0.267. The van der Waals surface area contributed by atoms with Crippen molar-refractivity contribution >= 4 is 5.97 Å². The summed E-state index contributed by atoms with van der Waals surface area (Å²) >= 11 is 0. The van der Waals surface area contributed by atoms with Crippen molar-refractivity contribution in [2.45, 2.75) is 32.2 Å². The standard InChI is InChI=1S/C11H23NO4/c1-3-5-10(12)11(13)16-9-8-15-7-4-6-14-2/h10H,3-9,12H2,1-2H3/t10-/m0/s1. The van der Waals surface area contributed by atoms with Gasteiger partial charge in [-0.05, 0) is 12.8 Å². The summed E-state index contributed by atoms with van der Waals surface area (Å²) in [6.45, 7) is 3.96. The number of methoxy groups -OCH3 is 1. The normalized spacial score (nSPS) is 12.4. The predicted octanol–water partition coefficient (Wildman–Crippen LogP) is 0.710. The lowest BCUT2D eigenvalue weighted by atomic mass is 10.2. The van der Waals surface area contributed by atoms with Crippen molar-refractivity contribution in [3.05, 3.63) is 0 Å². The second-order valence-electron chi connectivity index (χ2n) is 3.52. The third kappa shape index (κ3) is 8.64. The van der Waals surface area contributed by atoms with E-state index in [0.29, 0.717) is 26.2 Å². The fourth-order valence-corrected chi connectivity index (χ4v) is 1.14. The van der Waals surface area contributed by atoms with Gasteiger partial charge >= 0.3 is 5.97 Å². The lowest BCUT2D eigenvalue weighted by molar-refractivity contribution is -0.147. The highest BCUT2D eigenvalue weighted by molar-refractivity contribution is 5.75. The molecule has 0 radical (unpaired) electrons. The van der Waals surface area contributed by atoms with Crippen LogP contribution in [0.5, 0.6) is 0 Å². The molecule has 0 aliphatic rings. The first-order chi connectivity index (χ1) is 7.72. The quantitative estimate of drug-likeness (QED) is 0.444. The molecule has 0 aliphatic heterocycles. The maximum Gasteiger partial charge on any atom is 0.322 e. The van der Waals surface area contributed by atoms with Gasteiger partial charge in [-0.3, -0.25) is 4.79 Å². The Kier molecular flexibility index (Phi) is 10.4. The summed E-state index contributed by atoms with van der Waals surface area (Å²) in [6, 6.07) is -0.501. The molecule has 0 saturated heterocycles. The molecule has 5 heteroatoms. The van der Waals surface area contributed by atoms with E-state index < -0.39 is 6.04 Å². The van der Waals surface area contributed by atoms with E-state index in [1.165, 1.54) is 0 Å². The van der Waals surface area contributed by atoms with Gasteiger partial charge in [-0.25, -0.2) is 0 Å². The molecule has 0 aromatic heterocycles. The molecule has 2 N–H and O–H groups in total. The van der Waals surface area contributed by atoms with Crippen LogP contribution < -0.4 is 5.73 Å². The lowest BCUT2D eigenvalue weighted by Crippen LogP contribution is -2.32. The van der Waals surface area contributed by atoms with Crippen LogP contribution in [0.15, 0.2) is 0 Å². The van der Waals surface area contributed by atoms with Gasteiger partial charge in [0.15, 0.2) is 0 Å². The van der Waals surface area contributed by atoms with Crippen molar-refractivity contribution in [3.8, 4) is 0 Å². The van der Waals surface area contributed by atoms with Crippen LogP contribution in [-0.2, 0) is 19.0 Å². The largest absolute Gasteiger partial charge is 0.462 e. The first kappa shape index (κ1) is 15.3. The molecule has 0 bridgehead atoms. The van der Waals surface area contributed by atoms with Gasteiger partial charge in [0.05, 0.1) is 6.61 Å². The second-order valence-corrected chi connectivity index (χ2v) is 3.52. The van der Waals surface area contributed by atoms with Crippen molar-refractivity contribution in [1.82, 2.24) is 0 Å². The molecule has 16 heavy (non-hydrogen) atoms. The van der Waals surface area contributed by atoms with Crippen molar-refractivity contribution in [2.75, 3.05) is 33.5 Å². The van der Waals surface area contributed by atoms with Gasteiger partial charge in [0, 0.05) is 20.3 Å². The zero-order valence-electron chi connectivity index (χ0n) is 10.2. The summed E-state index contributed by atoms with van der Waals surface area (Å²) in [5.74, 6) is -0.345. The lowest BCUT2D eigenvalue weighted by Gasteiger charge is -2.10. The molecule has 0 spiro atoms.